The Morgan fingerprint density at radius 2 is 1.86 bits per heavy atom. The Hall–Kier alpha value is -3.93. The van der Waals surface area contributed by atoms with Crippen LogP contribution in [-0.2, 0) is 20.9 Å². The number of rotatable bonds is 8. The third-order valence-electron chi connectivity index (χ3n) is 5.40. The molecule has 1 saturated heterocycles. The first kappa shape index (κ1) is 26.7. The first-order valence-corrected chi connectivity index (χ1v) is 11.5. The normalized spacial score (nSPS) is 17.9. The largest absolute Gasteiger partial charge is 0.480 e. The number of likely N-dealkylation sites (tertiary alicyclic amines) is 1. The van der Waals surface area contributed by atoms with Gasteiger partial charge >= 0.3 is 23.8 Å². The molecule has 12 heteroatoms. The average molecular weight is 502 g/mol. The smallest absolute Gasteiger partial charge is 0.413 e. The zero-order chi connectivity index (χ0) is 26.3. The first-order chi connectivity index (χ1) is 17.0. The molecule has 0 bridgehead atoms. The Labute approximate surface area is 208 Å². The average Bonchev–Trinajstić information content (AvgIpc) is 3.21. The lowest BCUT2D eigenvalue weighted by molar-refractivity contribution is -0.142. The summed E-state index contributed by atoms with van der Waals surface area (Å²) >= 11 is 0. The van der Waals surface area contributed by atoms with Crippen molar-refractivity contribution < 1.29 is 29.0 Å². The summed E-state index contributed by atoms with van der Waals surface area (Å²) in [6, 6.07) is 9.33. The van der Waals surface area contributed by atoms with Crippen LogP contribution in [0.5, 0.6) is 0 Å². The fraction of sp³-hybridized carbons (Fsp3) is 0.458. The van der Waals surface area contributed by atoms with Crippen molar-refractivity contribution in [2.45, 2.75) is 51.5 Å². The summed E-state index contributed by atoms with van der Waals surface area (Å²) in [5, 5.41) is 14.7. The molecule has 3 N–H and O–H groups in total. The highest BCUT2D eigenvalue weighted by Crippen LogP contribution is 2.26. The molecule has 0 aliphatic carbocycles. The second-order valence-electron chi connectivity index (χ2n) is 9.36. The van der Waals surface area contributed by atoms with E-state index in [1.807, 2.05) is 30.3 Å². The van der Waals surface area contributed by atoms with Gasteiger partial charge in [0.05, 0.1) is 6.04 Å². The van der Waals surface area contributed by atoms with E-state index in [2.05, 4.69) is 15.6 Å². The molecule has 1 aliphatic heterocycles. The minimum absolute atomic E-state index is 0.0283. The van der Waals surface area contributed by atoms with Crippen molar-refractivity contribution in [2.75, 3.05) is 25.0 Å². The van der Waals surface area contributed by atoms with Crippen molar-refractivity contribution in [3.63, 3.8) is 0 Å². The van der Waals surface area contributed by atoms with Crippen LogP contribution in [0.3, 0.4) is 0 Å². The molecule has 0 unspecified atom stereocenters. The Morgan fingerprint density at radius 3 is 2.50 bits per heavy atom. The first-order valence-electron chi connectivity index (χ1n) is 11.5. The summed E-state index contributed by atoms with van der Waals surface area (Å²) in [5.41, 5.74) is -0.449. The summed E-state index contributed by atoms with van der Waals surface area (Å²) in [6.45, 7) is 6.05. The SMILES string of the molecule is CC(C)(C)OC(=O)NCCN1C[C@@H](n2ccc(NC(=O)OCc3ccccc3)nc2=O)C[C@H]1C(=O)O. The Bertz CT molecular complexity index is 1130. The van der Waals surface area contributed by atoms with Gasteiger partial charge in [-0.25, -0.2) is 14.4 Å². The quantitative estimate of drug-likeness (QED) is 0.494. The molecule has 2 heterocycles. The van der Waals surface area contributed by atoms with E-state index >= 15 is 0 Å². The van der Waals surface area contributed by atoms with Gasteiger partial charge in [0.25, 0.3) is 0 Å². The summed E-state index contributed by atoms with van der Waals surface area (Å²) in [6.07, 6.45) is 0.318. The number of carbonyl (C=O) groups excluding carboxylic acids is 2. The lowest BCUT2D eigenvalue weighted by atomic mass is 10.1. The number of anilines is 1. The monoisotopic (exact) mass is 501 g/mol. The van der Waals surface area contributed by atoms with E-state index in [1.165, 1.54) is 16.8 Å². The van der Waals surface area contributed by atoms with Crippen LogP contribution in [0.1, 0.15) is 38.8 Å². The molecule has 12 nitrogen and oxygen atoms in total. The van der Waals surface area contributed by atoms with Crippen LogP contribution in [-0.4, -0.2) is 69.0 Å². The highest BCUT2D eigenvalue weighted by molar-refractivity contribution is 5.83. The van der Waals surface area contributed by atoms with E-state index in [0.29, 0.717) is 0 Å². The van der Waals surface area contributed by atoms with E-state index in [0.717, 1.165) is 5.56 Å². The number of hydrogen-bond donors (Lipinski definition) is 3. The lowest BCUT2D eigenvalue weighted by Gasteiger charge is -2.23. The van der Waals surface area contributed by atoms with Crippen molar-refractivity contribution in [3.05, 3.63) is 58.6 Å². The van der Waals surface area contributed by atoms with Crippen LogP contribution in [0.25, 0.3) is 0 Å². The number of carboxylic acids is 1. The number of carboxylic acid groups (broad SMARTS) is 1. The van der Waals surface area contributed by atoms with Gasteiger partial charge < -0.3 is 19.9 Å². The minimum atomic E-state index is -1.02. The minimum Gasteiger partial charge on any atom is -0.480 e. The number of carbonyl (C=O) groups is 3. The summed E-state index contributed by atoms with van der Waals surface area (Å²) in [5.74, 6) is -0.990. The number of alkyl carbamates (subject to hydrolysis) is 1. The van der Waals surface area contributed by atoms with E-state index in [4.69, 9.17) is 9.47 Å². The van der Waals surface area contributed by atoms with E-state index in [-0.39, 0.29) is 38.5 Å². The van der Waals surface area contributed by atoms with Crippen LogP contribution in [0.15, 0.2) is 47.4 Å². The molecule has 1 aromatic carbocycles. The predicted molar refractivity (Wildman–Crippen MR) is 130 cm³/mol. The third-order valence-corrected chi connectivity index (χ3v) is 5.40. The molecule has 3 rings (SSSR count). The van der Waals surface area contributed by atoms with Gasteiger partial charge in [0.2, 0.25) is 0 Å². The van der Waals surface area contributed by atoms with Crippen molar-refractivity contribution in [3.8, 4) is 0 Å². The lowest BCUT2D eigenvalue weighted by Crippen LogP contribution is -2.42. The molecule has 2 atom stereocenters. The van der Waals surface area contributed by atoms with Crippen molar-refractivity contribution >= 4 is 24.0 Å². The molecule has 1 fully saturated rings. The standard InChI is InChI=1S/C24H31N5O7/c1-24(2,3)36-22(33)25-10-12-28-14-17(13-18(28)20(30)31)29-11-9-19(26-21(29)32)27-23(34)35-15-16-7-5-4-6-8-16/h4-9,11,17-18H,10,12-15H2,1-3H3,(H,25,33)(H,30,31)(H,26,27,32,34)/t17-,18-/m0/s1. The van der Waals surface area contributed by atoms with Crippen molar-refractivity contribution in [1.82, 2.24) is 19.8 Å². The van der Waals surface area contributed by atoms with Crippen LogP contribution in [0, 0.1) is 0 Å². The van der Waals surface area contributed by atoms with E-state index < -0.39 is 41.5 Å². The van der Waals surface area contributed by atoms with Crippen LogP contribution in [0.4, 0.5) is 15.4 Å². The molecular formula is C24H31N5O7. The molecule has 0 radical (unpaired) electrons. The van der Waals surface area contributed by atoms with E-state index in [9.17, 15) is 24.3 Å². The molecule has 1 aromatic heterocycles. The molecule has 0 spiro atoms. The highest BCUT2D eigenvalue weighted by Gasteiger charge is 2.38. The molecule has 194 valence electrons. The number of nitrogens with zero attached hydrogens (tertiary/aromatic N) is 3. The molecule has 1 aliphatic rings. The number of ether oxygens (including phenoxy) is 2. The van der Waals surface area contributed by atoms with Crippen LogP contribution >= 0.6 is 0 Å². The topological polar surface area (TPSA) is 152 Å². The second kappa shape index (κ2) is 11.7. The van der Waals surface area contributed by atoms with E-state index in [1.54, 1.807) is 25.7 Å². The fourth-order valence-electron chi connectivity index (χ4n) is 3.82. The number of hydrogen-bond acceptors (Lipinski definition) is 8. The third kappa shape index (κ3) is 7.80. The maximum absolute atomic E-state index is 12.6. The van der Waals surface area contributed by atoms with Gasteiger partial charge in [-0.15, -0.1) is 0 Å². The van der Waals surface area contributed by atoms with Gasteiger partial charge in [-0.3, -0.25) is 19.6 Å². The maximum Gasteiger partial charge on any atom is 0.413 e. The number of benzene rings is 1. The van der Waals surface area contributed by atoms with Crippen LogP contribution in [0.2, 0.25) is 0 Å². The molecule has 36 heavy (non-hydrogen) atoms. The zero-order valence-corrected chi connectivity index (χ0v) is 20.5. The molecule has 2 amide bonds. The number of aliphatic carboxylic acids is 1. The molecule has 2 aromatic rings. The maximum atomic E-state index is 12.6. The van der Waals surface area contributed by atoms with Gasteiger partial charge in [-0.1, -0.05) is 30.3 Å². The Balaban J connectivity index is 1.56. The number of nitrogens with one attached hydrogen (secondary N) is 2. The Kier molecular flexibility index (Phi) is 8.64. The van der Waals surface area contributed by atoms with Gasteiger partial charge in [0.1, 0.15) is 24.1 Å². The van der Waals surface area contributed by atoms with Gasteiger partial charge in [-0.2, -0.15) is 4.98 Å². The summed E-state index contributed by atoms with van der Waals surface area (Å²) in [4.78, 5) is 53.8. The molecular weight excluding hydrogens is 470 g/mol. The zero-order valence-electron chi connectivity index (χ0n) is 20.5. The van der Waals surface area contributed by atoms with Gasteiger partial charge in [0.15, 0.2) is 0 Å². The summed E-state index contributed by atoms with van der Waals surface area (Å²) < 4.78 is 11.7. The fourth-order valence-corrected chi connectivity index (χ4v) is 3.82. The van der Waals surface area contributed by atoms with Gasteiger partial charge in [0, 0.05) is 25.8 Å². The van der Waals surface area contributed by atoms with Crippen molar-refractivity contribution in [1.29, 1.82) is 0 Å². The second-order valence-corrected chi connectivity index (χ2v) is 9.36. The predicted octanol–water partition coefficient (Wildman–Crippen LogP) is 2.22. The number of aromatic nitrogens is 2. The van der Waals surface area contributed by atoms with Crippen molar-refractivity contribution in [2.24, 2.45) is 0 Å². The number of amides is 2. The van der Waals surface area contributed by atoms with Gasteiger partial charge in [-0.05, 0) is 38.8 Å². The Morgan fingerprint density at radius 1 is 1.14 bits per heavy atom. The van der Waals surface area contributed by atoms with Crippen LogP contribution < -0.4 is 16.3 Å². The summed E-state index contributed by atoms with van der Waals surface area (Å²) in [7, 11) is 0. The highest BCUT2D eigenvalue weighted by atomic mass is 16.6. The molecule has 0 saturated carbocycles.